The maximum Gasteiger partial charge on any atom is 0.350 e. The van der Waals surface area contributed by atoms with Gasteiger partial charge in [0.15, 0.2) is 0 Å². The number of hydrogen-bond donors (Lipinski definition) is 2. The first-order valence-corrected chi connectivity index (χ1v) is 8.07. The van der Waals surface area contributed by atoms with Gasteiger partial charge in [-0.1, -0.05) is 6.92 Å². The summed E-state index contributed by atoms with van der Waals surface area (Å²) >= 11 is 1.26. The van der Waals surface area contributed by atoms with Gasteiger partial charge < -0.3 is 15.8 Å². The first kappa shape index (κ1) is 16.0. The highest BCUT2D eigenvalue weighted by Gasteiger charge is 2.40. The molecule has 1 fully saturated rings. The van der Waals surface area contributed by atoms with Crippen LogP contribution in [0.4, 0.5) is 5.69 Å². The van der Waals surface area contributed by atoms with Crippen LogP contribution >= 0.6 is 11.3 Å². The number of esters is 1. The molecule has 2 rings (SSSR count). The molecule has 0 aromatic carbocycles. The SMILES string of the molecule is COC(=O)c1sccc1NC(=O)C1(CN)CCC(C)CC1. The van der Waals surface area contributed by atoms with Crippen LogP contribution in [0.1, 0.15) is 42.3 Å². The molecule has 0 spiro atoms. The summed E-state index contributed by atoms with van der Waals surface area (Å²) in [4.78, 5) is 24.7. The van der Waals surface area contributed by atoms with Gasteiger partial charge in [0.25, 0.3) is 0 Å². The molecular formula is C15H22N2O3S. The molecule has 1 aliphatic rings. The minimum absolute atomic E-state index is 0.0829. The molecule has 0 bridgehead atoms. The molecule has 1 aliphatic carbocycles. The van der Waals surface area contributed by atoms with Crippen molar-refractivity contribution >= 4 is 28.9 Å². The maximum atomic E-state index is 12.6. The Morgan fingerprint density at radius 1 is 1.48 bits per heavy atom. The van der Waals surface area contributed by atoms with Crippen molar-refractivity contribution in [2.24, 2.45) is 17.1 Å². The van der Waals surface area contributed by atoms with Gasteiger partial charge in [0.05, 0.1) is 18.2 Å². The molecule has 21 heavy (non-hydrogen) atoms. The number of carbonyl (C=O) groups is 2. The van der Waals surface area contributed by atoms with Gasteiger partial charge in [-0.15, -0.1) is 11.3 Å². The quantitative estimate of drug-likeness (QED) is 0.838. The van der Waals surface area contributed by atoms with E-state index in [-0.39, 0.29) is 5.91 Å². The summed E-state index contributed by atoms with van der Waals surface area (Å²) in [5.74, 6) is 0.129. The topological polar surface area (TPSA) is 81.4 Å². The van der Waals surface area contributed by atoms with E-state index in [2.05, 4.69) is 12.2 Å². The van der Waals surface area contributed by atoms with Crippen LogP contribution in [-0.2, 0) is 9.53 Å². The zero-order valence-electron chi connectivity index (χ0n) is 12.5. The van der Waals surface area contributed by atoms with Crippen LogP contribution in [0.15, 0.2) is 11.4 Å². The average molecular weight is 310 g/mol. The van der Waals surface area contributed by atoms with Crippen molar-refractivity contribution < 1.29 is 14.3 Å². The molecule has 3 N–H and O–H groups in total. The Morgan fingerprint density at radius 3 is 2.71 bits per heavy atom. The molecule has 116 valence electrons. The van der Waals surface area contributed by atoms with Crippen LogP contribution < -0.4 is 11.1 Å². The zero-order valence-corrected chi connectivity index (χ0v) is 13.3. The maximum absolute atomic E-state index is 12.6. The number of methoxy groups -OCH3 is 1. The second kappa shape index (κ2) is 6.58. The van der Waals surface area contributed by atoms with Crippen molar-refractivity contribution in [2.75, 3.05) is 19.0 Å². The monoisotopic (exact) mass is 310 g/mol. The highest BCUT2D eigenvalue weighted by atomic mass is 32.1. The summed E-state index contributed by atoms with van der Waals surface area (Å²) in [6.45, 7) is 2.54. The van der Waals surface area contributed by atoms with Crippen molar-refractivity contribution in [3.05, 3.63) is 16.3 Å². The van der Waals surface area contributed by atoms with Gasteiger partial charge in [-0.3, -0.25) is 4.79 Å². The van der Waals surface area contributed by atoms with E-state index in [0.29, 0.717) is 23.0 Å². The number of hydrogen-bond acceptors (Lipinski definition) is 5. The third-order valence-electron chi connectivity index (χ3n) is 4.39. The lowest BCUT2D eigenvalue weighted by molar-refractivity contribution is -0.127. The molecule has 0 radical (unpaired) electrons. The number of nitrogens with two attached hydrogens (primary N) is 1. The molecule has 0 atom stereocenters. The largest absolute Gasteiger partial charge is 0.465 e. The highest BCUT2D eigenvalue weighted by molar-refractivity contribution is 7.12. The van der Waals surface area contributed by atoms with E-state index in [0.717, 1.165) is 25.7 Å². The normalized spacial score (nSPS) is 25.4. The van der Waals surface area contributed by atoms with Crippen LogP contribution in [0.25, 0.3) is 0 Å². The molecule has 0 saturated heterocycles. The van der Waals surface area contributed by atoms with E-state index in [1.54, 1.807) is 11.4 Å². The summed E-state index contributed by atoms with van der Waals surface area (Å²) in [5, 5.41) is 4.64. The predicted molar refractivity (Wildman–Crippen MR) is 83.4 cm³/mol. The highest BCUT2D eigenvalue weighted by Crippen LogP contribution is 2.39. The Morgan fingerprint density at radius 2 is 2.14 bits per heavy atom. The Kier molecular flexibility index (Phi) is 5.00. The molecular weight excluding hydrogens is 288 g/mol. The first-order chi connectivity index (χ1) is 10.0. The number of amides is 1. The van der Waals surface area contributed by atoms with E-state index in [1.165, 1.54) is 18.4 Å². The van der Waals surface area contributed by atoms with E-state index >= 15 is 0 Å². The second-order valence-corrected chi connectivity index (χ2v) is 6.69. The standard InChI is InChI=1S/C15H22N2O3S/c1-10-3-6-15(9-16,7-4-10)14(19)17-11-5-8-21-12(11)13(18)20-2/h5,8,10H,3-4,6-7,9,16H2,1-2H3,(H,17,19). The van der Waals surface area contributed by atoms with Crippen molar-refractivity contribution in [2.45, 2.75) is 32.6 Å². The van der Waals surface area contributed by atoms with Crippen LogP contribution in [0.2, 0.25) is 0 Å². The van der Waals surface area contributed by atoms with Gasteiger partial charge in [-0.05, 0) is 43.0 Å². The van der Waals surface area contributed by atoms with Crippen molar-refractivity contribution in [3.8, 4) is 0 Å². The molecule has 5 nitrogen and oxygen atoms in total. The Labute approximate surface area is 128 Å². The van der Waals surface area contributed by atoms with E-state index in [1.807, 2.05) is 0 Å². The summed E-state index contributed by atoms with van der Waals surface area (Å²) in [6, 6.07) is 1.73. The van der Waals surface area contributed by atoms with Crippen molar-refractivity contribution in [1.82, 2.24) is 0 Å². The number of carbonyl (C=O) groups excluding carboxylic acids is 2. The van der Waals surface area contributed by atoms with Gasteiger partial charge in [-0.25, -0.2) is 4.79 Å². The number of ether oxygens (including phenoxy) is 1. The van der Waals surface area contributed by atoms with Crippen molar-refractivity contribution in [3.63, 3.8) is 0 Å². The summed E-state index contributed by atoms with van der Waals surface area (Å²) < 4.78 is 4.72. The Balaban J connectivity index is 2.13. The minimum Gasteiger partial charge on any atom is -0.465 e. The van der Waals surface area contributed by atoms with Crippen LogP contribution in [0, 0.1) is 11.3 Å². The minimum atomic E-state index is -0.512. The predicted octanol–water partition coefficient (Wildman–Crippen LogP) is 2.63. The van der Waals surface area contributed by atoms with Gasteiger partial charge >= 0.3 is 5.97 Å². The fraction of sp³-hybridized carbons (Fsp3) is 0.600. The lowest BCUT2D eigenvalue weighted by Gasteiger charge is -2.37. The van der Waals surface area contributed by atoms with E-state index in [4.69, 9.17) is 10.5 Å². The van der Waals surface area contributed by atoms with Crippen LogP contribution in [0.5, 0.6) is 0 Å². The number of rotatable bonds is 4. The number of thiophene rings is 1. The smallest absolute Gasteiger partial charge is 0.350 e. The van der Waals surface area contributed by atoms with Gasteiger partial charge in [-0.2, -0.15) is 0 Å². The zero-order chi connectivity index (χ0) is 15.5. The third kappa shape index (κ3) is 3.27. The molecule has 1 aromatic heterocycles. The number of anilines is 1. The van der Waals surface area contributed by atoms with Gasteiger partial charge in [0.1, 0.15) is 4.88 Å². The van der Waals surface area contributed by atoms with Crippen molar-refractivity contribution in [1.29, 1.82) is 0 Å². The molecule has 1 heterocycles. The van der Waals surface area contributed by atoms with E-state index in [9.17, 15) is 9.59 Å². The molecule has 0 aliphatic heterocycles. The molecule has 1 saturated carbocycles. The van der Waals surface area contributed by atoms with Crippen LogP contribution in [0.3, 0.4) is 0 Å². The lowest BCUT2D eigenvalue weighted by Crippen LogP contribution is -2.44. The first-order valence-electron chi connectivity index (χ1n) is 7.20. The van der Waals surface area contributed by atoms with Crippen LogP contribution in [-0.4, -0.2) is 25.5 Å². The van der Waals surface area contributed by atoms with Gasteiger partial charge in [0.2, 0.25) is 5.91 Å². The molecule has 1 amide bonds. The Hall–Kier alpha value is -1.40. The second-order valence-electron chi connectivity index (χ2n) is 5.78. The summed E-state index contributed by atoms with van der Waals surface area (Å²) in [5.41, 5.74) is 5.89. The average Bonchev–Trinajstić information content (AvgIpc) is 2.95. The molecule has 1 aromatic rings. The van der Waals surface area contributed by atoms with E-state index < -0.39 is 11.4 Å². The molecule has 6 heteroatoms. The number of nitrogens with one attached hydrogen (secondary N) is 1. The fourth-order valence-corrected chi connectivity index (χ4v) is 3.52. The third-order valence-corrected chi connectivity index (χ3v) is 5.28. The summed E-state index contributed by atoms with van der Waals surface area (Å²) in [7, 11) is 1.33. The fourth-order valence-electron chi connectivity index (χ4n) is 2.75. The Bertz CT molecular complexity index is 519. The molecule has 0 unspecified atom stereocenters. The van der Waals surface area contributed by atoms with Gasteiger partial charge in [0, 0.05) is 6.54 Å². The summed E-state index contributed by atoms with van der Waals surface area (Å²) in [6.07, 6.45) is 3.62. The lowest BCUT2D eigenvalue weighted by atomic mass is 9.70.